The molecule has 2 aromatic carbocycles. The number of amides is 4. The van der Waals surface area contributed by atoms with Gasteiger partial charge in [-0.25, -0.2) is 4.79 Å². The Morgan fingerprint density at radius 3 is 2.20 bits per heavy atom. The van der Waals surface area contributed by atoms with Crippen molar-refractivity contribution in [3.63, 3.8) is 0 Å². The van der Waals surface area contributed by atoms with Gasteiger partial charge in [0.15, 0.2) is 0 Å². The fourth-order valence-corrected chi connectivity index (χ4v) is 3.35. The second kappa shape index (κ2) is 10.4. The molecule has 4 amide bonds. The van der Waals surface area contributed by atoms with Crippen LogP contribution in [-0.4, -0.2) is 36.9 Å². The van der Waals surface area contributed by atoms with Gasteiger partial charge in [0.05, 0.1) is 0 Å². The molecule has 1 aromatic heterocycles. The highest BCUT2D eigenvalue weighted by molar-refractivity contribution is 6.07. The molecule has 3 N–H and O–H groups in total. The Morgan fingerprint density at radius 1 is 0.886 bits per heavy atom. The fraction of sp³-hybridized carbons (Fsp3) is 0.259. The third-order valence-corrected chi connectivity index (χ3v) is 5.65. The molecule has 0 radical (unpaired) electrons. The van der Waals surface area contributed by atoms with Crippen LogP contribution in [0.25, 0.3) is 0 Å². The largest absolute Gasteiger partial charge is 0.354 e. The third kappa shape index (κ3) is 6.23. The number of aromatic nitrogens is 1. The average molecular weight is 474 g/mol. The number of nitrogens with zero attached hydrogens (tertiary/aromatic N) is 2. The lowest BCUT2D eigenvalue weighted by Crippen LogP contribution is -2.32. The Labute approximate surface area is 205 Å². The molecule has 0 spiro atoms. The monoisotopic (exact) mass is 473 g/mol. The summed E-state index contributed by atoms with van der Waals surface area (Å²) < 4.78 is 0. The number of nitrogens with one attached hydrogen (secondary N) is 3. The summed E-state index contributed by atoms with van der Waals surface area (Å²) in [6.45, 7) is 8.25. The number of carbonyl (C=O) groups excluding carboxylic acids is 3. The van der Waals surface area contributed by atoms with Gasteiger partial charge in [-0.15, -0.1) is 0 Å². The molecule has 0 bridgehead atoms. The lowest BCUT2D eigenvalue weighted by atomic mass is 9.87. The van der Waals surface area contributed by atoms with E-state index in [1.54, 1.807) is 31.3 Å². The molecule has 3 rings (SSSR count). The van der Waals surface area contributed by atoms with Crippen molar-refractivity contribution in [1.29, 1.82) is 0 Å². The third-order valence-electron chi connectivity index (χ3n) is 5.65. The van der Waals surface area contributed by atoms with Crippen molar-refractivity contribution in [2.75, 3.05) is 29.6 Å². The minimum absolute atomic E-state index is 0.0278. The molecule has 35 heavy (non-hydrogen) atoms. The van der Waals surface area contributed by atoms with Crippen LogP contribution in [0.3, 0.4) is 0 Å². The van der Waals surface area contributed by atoms with Crippen molar-refractivity contribution in [3.8, 4) is 0 Å². The number of anilines is 3. The minimum Gasteiger partial charge on any atom is -0.354 e. The minimum atomic E-state index is -0.419. The van der Waals surface area contributed by atoms with Gasteiger partial charge in [0.25, 0.3) is 11.8 Å². The van der Waals surface area contributed by atoms with Crippen LogP contribution in [0, 0.1) is 6.92 Å². The topological polar surface area (TPSA) is 103 Å². The molecule has 0 fully saturated rings. The summed E-state index contributed by atoms with van der Waals surface area (Å²) >= 11 is 0. The smallest absolute Gasteiger partial charge is 0.326 e. The zero-order chi connectivity index (χ0) is 25.8. The number of urea groups is 1. The average Bonchev–Trinajstić information content (AvgIpc) is 2.84. The van der Waals surface area contributed by atoms with Crippen molar-refractivity contribution in [3.05, 3.63) is 83.2 Å². The van der Waals surface area contributed by atoms with Gasteiger partial charge < -0.3 is 16.0 Å². The summed E-state index contributed by atoms with van der Waals surface area (Å²) in [5.74, 6) is -0.620. The van der Waals surface area contributed by atoms with Gasteiger partial charge in [-0.2, -0.15) is 0 Å². The Hall–Kier alpha value is -4.20. The van der Waals surface area contributed by atoms with E-state index in [0.717, 1.165) is 5.56 Å². The van der Waals surface area contributed by atoms with Crippen molar-refractivity contribution in [1.82, 2.24) is 10.3 Å². The molecule has 1 heterocycles. The van der Waals surface area contributed by atoms with Gasteiger partial charge in [-0.1, -0.05) is 39.0 Å². The van der Waals surface area contributed by atoms with Gasteiger partial charge in [0, 0.05) is 42.9 Å². The molecule has 0 saturated heterocycles. The number of benzene rings is 2. The number of hydrogen-bond acceptors (Lipinski definition) is 4. The zero-order valence-electron chi connectivity index (χ0n) is 20.9. The number of aryl methyl sites for hydroxylation is 1. The lowest BCUT2D eigenvalue weighted by molar-refractivity contribution is 0.0957. The first kappa shape index (κ1) is 25.4. The van der Waals surface area contributed by atoms with Gasteiger partial charge >= 0.3 is 6.03 Å². The normalized spacial score (nSPS) is 10.9. The van der Waals surface area contributed by atoms with Crippen LogP contribution in [0.5, 0.6) is 0 Å². The molecule has 0 saturated carbocycles. The van der Waals surface area contributed by atoms with E-state index < -0.39 is 6.03 Å². The van der Waals surface area contributed by atoms with E-state index in [9.17, 15) is 14.4 Å². The summed E-state index contributed by atoms with van der Waals surface area (Å²) in [5.41, 5.74) is 4.34. The maximum atomic E-state index is 12.9. The zero-order valence-corrected chi connectivity index (χ0v) is 20.9. The highest BCUT2D eigenvalue weighted by Gasteiger charge is 2.17. The molecule has 8 nitrogen and oxygen atoms in total. The first-order chi connectivity index (χ1) is 16.5. The fourth-order valence-electron chi connectivity index (χ4n) is 3.35. The predicted octanol–water partition coefficient (Wildman–Crippen LogP) is 4.97. The lowest BCUT2D eigenvalue weighted by Gasteiger charge is -2.20. The van der Waals surface area contributed by atoms with E-state index in [4.69, 9.17) is 0 Å². The summed E-state index contributed by atoms with van der Waals surface area (Å²) in [6.07, 6.45) is 1.47. The molecule has 0 unspecified atom stereocenters. The van der Waals surface area contributed by atoms with E-state index >= 15 is 0 Å². The van der Waals surface area contributed by atoms with Gasteiger partial charge in [0.1, 0.15) is 5.69 Å². The van der Waals surface area contributed by atoms with E-state index in [-0.39, 0.29) is 22.9 Å². The molecule has 0 atom stereocenters. The summed E-state index contributed by atoms with van der Waals surface area (Å²) in [5, 5.41) is 8.25. The van der Waals surface area contributed by atoms with Gasteiger partial charge in [0.2, 0.25) is 0 Å². The molecular formula is C27H31N5O3. The van der Waals surface area contributed by atoms with Crippen LogP contribution < -0.4 is 20.9 Å². The van der Waals surface area contributed by atoms with Crippen molar-refractivity contribution >= 4 is 34.9 Å². The van der Waals surface area contributed by atoms with Crippen LogP contribution in [0.15, 0.2) is 60.8 Å². The van der Waals surface area contributed by atoms with Crippen LogP contribution in [0.4, 0.5) is 21.9 Å². The number of rotatable bonds is 5. The Kier molecular flexibility index (Phi) is 7.54. The first-order valence-electron chi connectivity index (χ1n) is 11.2. The summed E-state index contributed by atoms with van der Waals surface area (Å²) in [7, 11) is 3.10. The standard InChI is InChI=1S/C27H31N5O3/c1-17-7-8-18(24(33)30-20-11-9-19(10-12-20)27(2,3)4)15-22(17)31-26(35)32(6)21-13-14-29-23(16-21)25(34)28-5/h7-16H,1-6H3,(H,28,34)(H,30,33)(H,31,35). The Bertz CT molecular complexity index is 1250. The first-order valence-corrected chi connectivity index (χ1v) is 11.2. The van der Waals surface area contributed by atoms with Crippen molar-refractivity contribution < 1.29 is 14.4 Å². The molecule has 0 aliphatic rings. The predicted molar refractivity (Wildman–Crippen MR) is 139 cm³/mol. The SMILES string of the molecule is CNC(=O)c1cc(N(C)C(=O)Nc2cc(C(=O)Nc3ccc(C(C)(C)C)cc3)ccc2C)ccn1. The second-order valence-corrected chi connectivity index (χ2v) is 9.28. The molecule has 8 heteroatoms. The van der Waals surface area contributed by atoms with Crippen LogP contribution in [-0.2, 0) is 5.41 Å². The van der Waals surface area contributed by atoms with Crippen LogP contribution in [0.2, 0.25) is 0 Å². The number of pyridine rings is 1. The molecular weight excluding hydrogens is 442 g/mol. The Balaban J connectivity index is 1.73. The molecule has 0 aliphatic heterocycles. The van der Waals surface area contributed by atoms with Crippen molar-refractivity contribution in [2.24, 2.45) is 0 Å². The Morgan fingerprint density at radius 2 is 1.57 bits per heavy atom. The highest BCUT2D eigenvalue weighted by atomic mass is 16.2. The van der Waals surface area contributed by atoms with E-state index in [2.05, 4.69) is 41.7 Å². The molecule has 0 aliphatic carbocycles. The van der Waals surface area contributed by atoms with Crippen molar-refractivity contribution in [2.45, 2.75) is 33.1 Å². The summed E-state index contributed by atoms with van der Waals surface area (Å²) in [4.78, 5) is 43.0. The van der Waals surface area contributed by atoms with Gasteiger partial charge in [-0.05, 0) is 59.9 Å². The number of hydrogen-bond donors (Lipinski definition) is 3. The molecule has 3 aromatic rings. The maximum absolute atomic E-state index is 12.9. The van der Waals surface area contributed by atoms with E-state index in [0.29, 0.717) is 22.6 Å². The van der Waals surface area contributed by atoms with Crippen LogP contribution in [0.1, 0.15) is 52.7 Å². The quantitative estimate of drug-likeness (QED) is 0.487. The molecule has 182 valence electrons. The van der Waals surface area contributed by atoms with Gasteiger partial charge in [-0.3, -0.25) is 19.5 Å². The van der Waals surface area contributed by atoms with E-state index in [1.165, 1.54) is 29.8 Å². The van der Waals surface area contributed by atoms with E-state index in [1.807, 2.05) is 31.2 Å². The summed E-state index contributed by atoms with van der Waals surface area (Å²) in [6, 6.07) is 15.6. The maximum Gasteiger partial charge on any atom is 0.326 e. The highest BCUT2D eigenvalue weighted by Crippen LogP contribution is 2.24. The second-order valence-electron chi connectivity index (χ2n) is 9.28. The van der Waals surface area contributed by atoms with Crippen LogP contribution >= 0.6 is 0 Å². The number of carbonyl (C=O) groups is 3.